The second-order valence-electron chi connectivity index (χ2n) is 2.58. The summed E-state index contributed by atoms with van der Waals surface area (Å²) in [5.74, 6) is -0.556. The highest BCUT2D eigenvalue weighted by Gasteiger charge is 2.64. The zero-order chi connectivity index (χ0) is 9.19. The van der Waals surface area contributed by atoms with Crippen LogP contribution in [0.25, 0.3) is 0 Å². The highest BCUT2D eigenvalue weighted by atomic mass is 16.7. The van der Waals surface area contributed by atoms with E-state index in [-0.39, 0.29) is 12.7 Å². The Balaban J connectivity index is 2.61. The second kappa shape index (κ2) is 3.11. The Morgan fingerprint density at radius 1 is 1.75 bits per heavy atom. The number of hydrogen-bond donors (Lipinski definition) is 0. The van der Waals surface area contributed by atoms with Crippen molar-refractivity contribution in [2.45, 2.75) is 32.0 Å². The quantitative estimate of drug-likeness (QED) is 0.459. The molecule has 0 amide bonds. The van der Waals surface area contributed by atoms with E-state index in [0.717, 1.165) is 0 Å². The topological polar surface area (TPSA) is 62.6 Å². The maximum Gasteiger partial charge on any atom is 0.356 e. The van der Waals surface area contributed by atoms with Gasteiger partial charge in [0.15, 0.2) is 0 Å². The third kappa shape index (κ3) is 1.16. The Hall–Kier alpha value is -1.08. The molecule has 4 heteroatoms. The molecule has 12 heavy (non-hydrogen) atoms. The van der Waals surface area contributed by atoms with Gasteiger partial charge in [0.2, 0.25) is 0 Å². The molecule has 0 bridgehead atoms. The smallest absolute Gasteiger partial charge is 0.356 e. The first-order valence-electron chi connectivity index (χ1n) is 3.97. The molecular weight excluding hydrogens is 158 g/mol. The molecule has 4 nitrogen and oxygen atoms in total. The van der Waals surface area contributed by atoms with E-state index in [2.05, 4.69) is 0 Å². The van der Waals surface area contributed by atoms with Crippen molar-refractivity contribution in [3.63, 3.8) is 0 Å². The third-order valence-electron chi connectivity index (χ3n) is 1.84. The van der Waals surface area contributed by atoms with E-state index in [0.29, 0.717) is 6.42 Å². The standard InChI is InChI=1S/C8H11NO3/c1-3-6-8(5-9,12-6)7(10)11-4-2/h6H,3-4H2,1-2H3. The predicted molar refractivity (Wildman–Crippen MR) is 40.1 cm³/mol. The zero-order valence-corrected chi connectivity index (χ0v) is 7.16. The highest BCUT2D eigenvalue weighted by molar-refractivity contribution is 5.87. The average Bonchev–Trinajstić information content (AvgIpc) is 2.80. The van der Waals surface area contributed by atoms with Crippen molar-refractivity contribution >= 4 is 5.97 Å². The van der Waals surface area contributed by atoms with E-state index < -0.39 is 11.6 Å². The van der Waals surface area contributed by atoms with Crippen LogP contribution in [0, 0.1) is 11.3 Å². The van der Waals surface area contributed by atoms with Gasteiger partial charge in [0.25, 0.3) is 5.60 Å². The SMILES string of the molecule is CCOC(=O)C1(C#N)OC1CC. The molecule has 0 radical (unpaired) electrons. The number of nitriles is 1. The first-order valence-corrected chi connectivity index (χ1v) is 3.97. The Bertz CT molecular complexity index is 233. The number of esters is 1. The first-order chi connectivity index (χ1) is 5.71. The maximum atomic E-state index is 11.2. The van der Waals surface area contributed by atoms with Gasteiger partial charge in [0, 0.05) is 0 Å². The van der Waals surface area contributed by atoms with Crippen molar-refractivity contribution in [1.82, 2.24) is 0 Å². The fourth-order valence-corrected chi connectivity index (χ4v) is 1.12. The van der Waals surface area contributed by atoms with Gasteiger partial charge >= 0.3 is 5.97 Å². The Morgan fingerprint density at radius 2 is 2.42 bits per heavy atom. The molecule has 0 saturated carbocycles. The van der Waals surface area contributed by atoms with E-state index >= 15 is 0 Å². The normalized spacial score (nSPS) is 32.2. The molecule has 1 rings (SSSR count). The minimum Gasteiger partial charge on any atom is -0.463 e. The summed E-state index contributed by atoms with van der Waals surface area (Å²) in [6.45, 7) is 3.84. The molecule has 0 aliphatic carbocycles. The third-order valence-corrected chi connectivity index (χ3v) is 1.84. The number of ether oxygens (including phenoxy) is 2. The summed E-state index contributed by atoms with van der Waals surface area (Å²) in [6, 6.07) is 1.84. The first kappa shape index (κ1) is 9.01. The Kier molecular flexibility index (Phi) is 2.34. The van der Waals surface area contributed by atoms with Crippen LogP contribution in [0.15, 0.2) is 0 Å². The van der Waals surface area contributed by atoms with Gasteiger partial charge in [-0.3, -0.25) is 0 Å². The molecule has 0 aromatic rings. The van der Waals surface area contributed by atoms with Crippen molar-refractivity contribution < 1.29 is 14.3 Å². The van der Waals surface area contributed by atoms with Crippen LogP contribution >= 0.6 is 0 Å². The summed E-state index contributed by atoms with van der Waals surface area (Å²) < 4.78 is 9.69. The average molecular weight is 169 g/mol. The van der Waals surface area contributed by atoms with E-state index in [1.807, 2.05) is 13.0 Å². The van der Waals surface area contributed by atoms with Gasteiger partial charge in [-0.15, -0.1) is 0 Å². The molecule has 1 fully saturated rings. The van der Waals surface area contributed by atoms with E-state index in [1.54, 1.807) is 6.92 Å². The van der Waals surface area contributed by atoms with Crippen LogP contribution in [0.4, 0.5) is 0 Å². The van der Waals surface area contributed by atoms with Crippen LogP contribution in [0.5, 0.6) is 0 Å². The summed E-state index contributed by atoms with van der Waals surface area (Å²) in [6.07, 6.45) is 0.383. The largest absolute Gasteiger partial charge is 0.463 e. The van der Waals surface area contributed by atoms with Crippen LogP contribution < -0.4 is 0 Å². The predicted octanol–water partition coefficient (Wildman–Crippen LogP) is 0.621. The fourth-order valence-electron chi connectivity index (χ4n) is 1.12. The number of hydrogen-bond acceptors (Lipinski definition) is 4. The molecule has 1 heterocycles. The lowest BCUT2D eigenvalue weighted by Gasteiger charge is -2.01. The van der Waals surface area contributed by atoms with Crippen molar-refractivity contribution in [3.05, 3.63) is 0 Å². The summed E-state index contributed by atoms with van der Waals surface area (Å²) in [4.78, 5) is 11.2. The van der Waals surface area contributed by atoms with Crippen LogP contribution in [-0.4, -0.2) is 24.3 Å². The number of epoxide rings is 1. The number of carbonyl (C=O) groups excluding carboxylic acids is 1. The molecule has 0 N–H and O–H groups in total. The minimum atomic E-state index is -1.29. The van der Waals surface area contributed by atoms with Crippen molar-refractivity contribution in [2.75, 3.05) is 6.61 Å². The van der Waals surface area contributed by atoms with Crippen molar-refractivity contribution in [1.29, 1.82) is 5.26 Å². The molecule has 0 aromatic heterocycles. The van der Waals surface area contributed by atoms with Gasteiger partial charge in [0.1, 0.15) is 12.2 Å². The Labute approximate surface area is 71.1 Å². The van der Waals surface area contributed by atoms with Crippen molar-refractivity contribution in [3.8, 4) is 6.07 Å². The van der Waals surface area contributed by atoms with Crippen LogP contribution in [0.2, 0.25) is 0 Å². The zero-order valence-electron chi connectivity index (χ0n) is 7.16. The molecule has 1 aliphatic rings. The van der Waals surface area contributed by atoms with Gasteiger partial charge in [-0.05, 0) is 13.3 Å². The molecule has 2 atom stereocenters. The summed E-state index contributed by atoms with van der Waals surface area (Å²) in [7, 11) is 0. The van der Waals surface area contributed by atoms with Gasteiger partial charge in [-0.25, -0.2) is 4.79 Å². The molecule has 2 unspecified atom stereocenters. The van der Waals surface area contributed by atoms with E-state index in [9.17, 15) is 4.79 Å². The van der Waals surface area contributed by atoms with Gasteiger partial charge in [0.05, 0.1) is 6.61 Å². The molecule has 1 saturated heterocycles. The number of carbonyl (C=O) groups is 1. The molecule has 0 aromatic carbocycles. The lowest BCUT2D eigenvalue weighted by molar-refractivity contribution is -0.147. The molecular formula is C8H11NO3. The fraction of sp³-hybridized carbons (Fsp3) is 0.750. The number of rotatable bonds is 3. The summed E-state index contributed by atoms with van der Waals surface area (Å²) in [5.41, 5.74) is -1.29. The van der Waals surface area contributed by atoms with E-state index in [4.69, 9.17) is 14.7 Å². The van der Waals surface area contributed by atoms with E-state index in [1.165, 1.54) is 0 Å². The van der Waals surface area contributed by atoms with Crippen LogP contribution in [0.1, 0.15) is 20.3 Å². The minimum absolute atomic E-state index is 0.276. The van der Waals surface area contributed by atoms with Gasteiger partial charge in [-0.1, -0.05) is 6.92 Å². The molecule has 66 valence electrons. The highest BCUT2D eigenvalue weighted by Crippen LogP contribution is 2.39. The van der Waals surface area contributed by atoms with Crippen LogP contribution in [-0.2, 0) is 14.3 Å². The second-order valence-corrected chi connectivity index (χ2v) is 2.58. The van der Waals surface area contributed by atoms with Gasteiger partial charge < -0.3 is 9.47 Å². The molecule has 1 aliphatic heterocycles. The Morgan fingerprint density at radius 3 is 2.75 bits per heavy atom. The lowest BCUT2D eigenvalue weighted by Crippen LogP contribution is -2.27. The van der Waals surface area contributed by atoms with Crippen LogP contribution in [0.3, 0.4) is 0 Å². The summed E-state index contributed by atoms with van der Waals surface area (Å²) >= 11 is 0. The van der Waals surface area contributed by atoms with Crippen molar-refractivity contribution in [2.24, 2.45) is 0 Å². The monoisotopic (exact) mass is 169 g/mol. The maximum absolute atomic E-state index is 11.2. The lowest BCUT2D eigenvalue weighted by atomic mass is 10.1. The summed E-state index contributed by atoms with van der Waals surface area (Å²) in [5, 5.41) is 8.68. The van der Waals surface area contributed by atoms with Gasteiger partial charge in [-0.2, -0.15) is 5.26 Å². The molecule has 0 spiro atoms. The number of nitrogens with zero attached hydrogens (tertiary/aromatic N) is 1.